The molecule has 2 aromatic rings. The summed E-state index contributed by atoms with van der Waals surface area (Å²) in [4.78, 5) is 12.5. The van der Waals surface area contributed by atoms with Crippen LogP contribution in [0.1, 0.15) is 32.3 Å². The lowest BCUT2D eigenvalue weighted by Crippen LogP contribution is -2.43. The zero-order chi connectivity index (χ0) is 23.3. The van der Waals surface area contributed by atoms with Crippen molar-refractivity contribution >= 4 is 39.1 Å². The normalized spacial score (nSPS) is 15.7. The second-order valence-electron chi connectivity index (χ2n) is 8.08. The lowest BCUT2D eigenvalue weighted by Gasteiger charge is -2.31. The topological polar surface area (TPSA) is 75.7 Å². The molecule has 1 amide bonds. The van der Waals surface area contributed by atoms with Crippen LogP contribution >= 0.6 is 23.2 Å². The molecule has 0 bridgehead atoms. The van der Waals surface area contributed by atoms with E-state index in [1.807, 2.05) is 38.1 Å². The zero-order valence-corrected chi connectivity index (χ0v) is 20.5. The molecule has 3 rings (SSSR count). The van der Waals surface area contributed by atoms with Crippen LogP contribution < -0.4 is 10.1 Å². The minimum absolute atomic E-state index is 0.0439. The molecule has 0 unspecified atom stereocenters. The summed E-state index contributed by atoms with van der Waals surface area (Å²) < 4.78 is 32.9. The largest absolute Gasteiger partial charge is 0.491 e. The van der Waals surface area contributed by atoms with Gasteiger partial charge in [0.2, 0.25) is 15.9 Å². The first-order valence-electron chi connectivity index (χ1n) is 10.7. The van der Waals surface area contributed by atoms with Gasteiger partial charge in [-0.1, -0.05) is 41.4 Å². The summed E-state index contributed by atoms with van der Waals surface area (Å²) in [5.74, 6) is 0.565. The first kappa shape index (κ1) is 24.8. The number of benzene rings is 2. The van der Waals surface area contributed by atoms with Gasteiger partial charge in [-0.3, -0.25) is 4.79 Å². The summed E-state index contributed by atoms with van der Waals surface area (Å²) in [6, 6.07) is 12.5. The number of sulfonamides is 1. The summed E-state index contributed by atoms with van der Waals surface area (Å²) in [5, 5.41) is 3.17. The van der Waals surface area contributed by atoms with Gasteiger partial charge in [0, 0.05) is 25.6 Å². The van der Waals surface area contributed by atoms with E-state index in [-0.39, 0.29) is 46.0 Å². The Labute approximate surface area is 199 Å². The van der Waals surface area contributed by atoms with E-state index in [0.717, 1.165) is 11.3 Å². The molecule has 0 atom stereocenters. The third-order valence-electron chi connectivity index (χ3n) is 5.35. The molecule has 9 heteroatoms. The van der Waals surface area contributed by atoms with Gasteiger partial charge in [0.25, 0.3) is 0 Å². The molecule has 6 nitrogen and oxygen atoms in total. The second-order valence-corrected chi connectivity index (χ2v) is 10.8. The van der Waals surface area contributed by atoms with Crippen LogP contribution in [0.25, 0.3) is 0 Å². The van der Waals surface area contributed by atoms with Crippen molar-refractivity contribution in [1.82, 2.24) is 9.62 Å². The van der Waals surface area contributed by atoms with Crippen molar-refractivity contribution in [2.75, 3.05) is 19.6 Å². The smallest absolute Gasteiger partial charge is 0.246 e. The molecule has 1 saturated heterocycles. The molecule has 174 valence electrons. The fourth-order valence-corrected chi connectivity index (χ4v) is 6.26. The fraction of sp³-hybridized carbons (Fsp3) is 0.435. The van der Waals surface area contributed by atoms with Gasteiger partial charge < -0.3 is 10.1 Å². The first-order valence-corrected chi connectivity index (χ1v) is 12.9. The molecule has 1 aliphatic rings. The van der Waals surface area contributed by atoms with Crippen molar-refractivity contribution in [2.45, 2.75) is 44.1 Å². The van der Waals surface area contributed by atoms with Crippen LogP contribution in [0.15, 0.2) is 47.4 Å². The van der Waals surface area contributed by atoms with Gasteiger partial charge in [-0.25, -0.2) is 8.42 Å². The number of ether oxygens (including phenoxy) is 1. The predicted molar refractivity (Wildman–Crippen MR) is 127 cm³/mol. The highest BCUT2D eigenvalue weighted by Gasteiger charge is 2.34. The van der Waals surface area contributed by atoms with Crippen LogP contribution in [-0.4, -0.2) is 44.4 Å². The Bertz CT molecular complexity index is 1010. The van der Waals surface area contributed by atoms with Crippen LogP contribution in [0.5, 0.6) is 5.75 Å². The van der Waals surface area contributed by atoms with Crippen molar-refractivity contribution < 1.29 is 17.9 Å². The predicted octanol–water partition coefficient (Wildman–Crippen LogP) is 4.54. The van der Waals surface area contributed by atoms with E-state index in [4.69, 9.17) is 27.9 Å². The molecular formula is C23H28Cl2N2O4S. The molecule has 1 aliphatic heterocycles. The van der Waals surface area contributed by atoms with E-state index in [0.29, 0.717) is 25.8 Å². The summed E-state index contributed by atoms with van der Waals surface area (Å²) in [5.41, 5.74) is 1.11. The summed E-state index contributed by atoms with van der Waals surface area (Å²) in [7, 11) is -3.81. The molecule has 0 spiro atoms. The Hall–Kier alpha value is -1.80. The molecule has 0 radical (unpaired) electrons. The Balaban J connectivity index is 1.48. The summed E-state index contributed by atoms with van der Waals surface area (Å²) >= 11 is 12.2. The molecular weight excluding hydrogens is 471 g/mol. The number of rotatable bonds is 8. The third kappa shape index (κ3) is 6.16. The number of nitrogens with one attached hydrogen (secondary N) is 1. The molecule has 1 fully saturated rings. The van der Waals surface area contributed by atoms with Crippen LogP contribution in [0.3, 0.4) is 0 Å². The van der Waals surface area contributed by atoms with E-state index >= 15 is 0 Å². The van der Waals surface area contributed by atoms with Crippen LogP contribution in [0, 0.1) is 5.92 Å². The molecule has 0 aromatic heterocycles. The van der Waals surface area contributed by atoms with E-state index in [1.54, 1.807) is 6.07 Å². The van der Waals surface area contributed by atoms with Gasteiger partial charge in [-0.05, 0) is 62.9 Å². The maximum Gasteiger partial charge on any atom is 0.246 e. The highest BCUT2D eigenvalue weighted by Crippen LogP contribution is 2.33. The minimum atomic E-state index is -3.81. The highest BCUT2D eigenvalue weighted by molar-refractivity contribution is 7.89. The number of halogens is 2. The van der Waals surface area contributed by atoms with Crippen molar-refractivity contribution in [3.05, 3.63) is 58.1 Å². The van der Waals surface area contributed by atoms with E-state index < -0.39 is 10.0 Å². The SMILES string of the molecule is CC(C)Oc1ccc(CCNC(=O)C2CCN(S(=O)(=O)c3c(Cl)cccc3Cl)CC2)cc1. The zero-order valence-electron chi connectivity index (χ0n) is 18.2. The van der Waals surface area contributed by atoms with Gasteiger partial charge in [0.1, 0.15) is 10.6 Å². The van der Waals surface area contributed by atoms with Crippen LogP contribution in [0.2, 0.25) is 10.0 Å². The maximum atomic E-state index is 13.0. The molecule has 2 aromatic carbocycles. The van der Waals surface area contributed by atoms with Crippen molar-refractivity contribution in [1.29, 1.82) is 0 Å². The van der Waals surface area contributed by atoms with Crippen molar-refractivity contribution in [3.8, 4) is 5.75 Å². The van der Waals surface area contributed by atoms with Gasteiger partial charge >= 0.3 is 0 Å². The molecule has 32 heavy (non-hydrogen) atoms. The average molecular weight is 499 g/mol. The number of amides is 1. The number of piperidine rings is 1. The lowest BCUT2D eigenvalue weighted by molar-refractivity contribution is -0.126. The highest BCUT2D eigenvalue weighted by atomic mass is 35.5. The molecule has 1 heterocycles. The Morgan fingerprint density at radius 3 is 2.25 bits per heavy atom. The van der Waals surface area contributed by atoms with Crippen LogP contribution in [-0.2, 0) is 21.2 Å². The Morgan fingerprint density at radius 2 is 1.69 bits per heavy atom. The van der Waals surface area contributed by atoms with Gasteiger partial charge in [-0.2, -0.15) is 4.31 Å². The van der Waals surface area contributed by atoms with Crippen molar-refractivity contribution in [3.63, 3.8) is 0 Å². The van der Waals surface area contributed by atoms with Crippen LogP contribution in [0.4, 0.5) is 0 Å². The molecule has 1 N–H and O–H groups in total. The summed E-state index contributed by atoms with van der Waals surface area (Å²) in [6.45, 7) is 4.99. The third-order valence-corrected chi connectivity index (χ3v) is 8.20. The average Bonchev–Trinajstić information content (AvgIpc) is 2.74. The first-order chi connectivity index (χ1) is 15.2. The number of hydrogen-bond acceptors (Lipinski definition) is 4. The quantitative estimate of drug-likeness (QED) is 0.579. The lowest BCUT2D eigenvalue weighted by atomic mass is 9.97. The second kappa shape index (κ2) is 10.9. The van der Waals surface area contributed by atoms with Crippen molar-refractivity contribution in [2.24, 2.45) is 5.92 Å². The summed E-state index contributed by atoms with van der Waals surface area (Å²) in [6.07, 6.45) is 1.75. The van der Waals surface area contributed by atoms with Gasteiger partial charge in [0.15, 0.2) is 0 Å². The Kier molecular flexibility index (Phi) is 8.44. The molecule has 0 saturated carbocycles. The van der Waals surface area contributed by atoms with E-state index in [9.17, 15) is 13.2 Å². The van der Waals surface area contributed by atoms with E-state index in [2.05, 4.69) is 5.32 Å². The maximum absolute atomic E-state index is 13.0. The number of carbonyl (C=O) groups excluding carboxylic acids is 1. The monoisotopic (exact) mass is 498 g/mol. The molecule has 0 aliphatic carbocycles. The standard InChI is InChI=1S/C23H28Cl2N2O4S/c1-16(2)31-19-8-6-17(7-9-19)10-13-26-23(28)18-11-14-27(15-12-18)32(29,30)22-20(24)4-3-5-21(22)25/h3-9,16,18H,10-15H2,1-2H3,(H,26,28). The number of nitrogens with zero attached hydrogens (tertiary/aromatic N) is 1. The van der Waals surface area contributed by atoms with E-state index in [1.165, 1.54) is 16.4 Å². The van der Waals surface area contributed by atoms with Gasteiger partial charge in [0.05, 0.1) is 16.1 Å². The minimum Gasteiger partial charge on any atom is -0.491 e. The number of carbonyl (C=O) groups is 1. The fourth-order valence-electron chi connectivity index (χ4n) is 3.70. The van der Waals surface area contributed by atoms with Gasteiger partial charge in [-0.15, -0.1) is 0 Å². The number of hydrogen-bond donors (Lipinski definition) is 1. The Morgan fingerprint density at radius 1 is 1.09 bits per heavy atom.